The smallest absolute Gasteiger partial charge is 0.340 e. The number of halogens is 1. The van der Waals surface area contributed by atoms with Crippen LogP contribution in [0.15, 0.2) is 12.1 Å². The summed E-state index contributed by atoms with van der Waals surface area (Å²) in [7, 11) is 0. The van der Waals surface area contributed by atoms with Crippen LogP contribution in [0.1, 0.15) is 38.1 Å². The van der Waals surface area contributed by atoms with Gasteiger partial charge in [-0.15, -0.1) is 0 Å². The Labute approximate surface area is 124 Å². The minimum atomic E-state index is -0.567. The van der Waals surface area contributed by atoms with Gasteiger partial charge < -0.3 is 20.5 Å². The third kappa shape index (κ3) is 4.90. The molecule has 5 nitrogen and oxygen atoms in total. The number of hydrogen-bond donors (Lipinski definition) is 2. The van der Waals surface area contributed by atoms with Crippen molar-refractivity contribution in [3.05, 3.63) is 23.5 Å². The molecule has 1 aromatic rings. The van der Waals surface area contributed by atoms with Crippen molar-refractivity contribution in [1.29, 1.82) is 0 Å². The summed E-state index contributed by atoms with van der Waals surface area (Å²) in [6.07, 6.45) is 0. The highest BCUT2D eigenvalue weighted by Crippen LogP contribution is 2.24. The lowest BCUT2D eigenvalue weighted by Crippen LogP contribution is -2.33. The maximum Gasteiger partial charge on any atom is 0.340 e. The minimum Gasteiger partial charge on any atom is -0.462 e. The van der Waals surface area contributed by atoms with E-state index in [1.165, 1.54) is 6.07 Å². The van der Waals surface area contributed by atoms with E-state index in [9.17, 15) is 9.18 Å². The molecule has 0 radical (unpaired) electrons. The molecule has 0 bridgehead atoms. The van der Waals surface area contributed by atoms with Crippen molar-refractivity contribution >= 4 is 17.3 Å². The maximum absolute atomic E-state index is 13.9. The molecule has 0 aromatic heterocycles. The van der Waals surface area contributed by atoms with E-state index in [0.717, 1.165) is 6.07 Å². The van der Waals surface area contributed by atoms with Crippen molar-refractivity contribution in [2.45, 2.75) is 33.3 Å². The van der Waals surface area contributed by atoms with E-state index < -0.39 is 17.4 Å². The normalized spacial score (nSPS) is 11.3. The van der Waals surface area contributed by atoms with Crippen LogP contribution in [0.2, 0.25) is 0 Å². The van der Waals surface area contributed by atoms with E-state index >= 15 is 0 Å². The number of carbonyl (C=O) groups is 1. The van der Waals surface area contributed by atoms with Crippen LogP contribution >= 0.6 is 0 Å². The fraction of sp³-hybridized carbons (Fsp3) is 0.533. The molecule has 118 valence electrons. The lowest BCUT2D eigenvalue weighted by Gasteiger charge is -2.25. The quantitative estimate of drug-likeness (QED) is 0.598. The lowest BCUT2D eigenvalue weighted by atomic mass is 10.1. The summed E-state index contributed by atoms with van der Waals surface area (Å²) in [6, 6.07) is 2.48. The summed E-state index contributed by atoms with van der Waals surface area (Å²) in [5.41, 5.74) is 5.60. The molecule has 21 heavy (non-hydrogen) atoms. The zero-order valence-corrected chi connectivity index (χ0v) is 13.0. The Morgan fingerprint density at radius 3 is 2.57 bits per heavy atom. The van der Waals surface area contributed by atoms with Gasteiger partial charge in [0.2, 0.25) is 0 Å². The van der Waals surface area contributed by atoms with Crippen LogP contribution in [0.4, 0.5) is 15.8 Å². The summed E-state index contributed by atoms with van der Waals surface area (Å²) in [5.74, 6) is -1.09. The SMILES string of the molecule is CCOC(=O)c1cc(NCC(C)(C)OCC)c(F)cc1N. The number of anilines is 2. The first-order chi connectivity index (χ1) is 9.80. The number of rotatable bonds is 7. The summed E-state index contributed by atoms with van der Waals surface area (Å²) in [4.78, 5) is 11.8. The second kappa shape index (κ2) is 7.26. The molecule has 0 unspecified atom stereocenters. The second-order valence-corrected chi connectivity index (χ2v) is 5.19. The zero-order valence-electron chi connectivity index (χ0n) is 13.0. The largest absolute Gasteiger partial charge is 0.462 e. The van der Waals surface area contributed by atoms with Gasteiger partial charge in [0.15, 0.2) is 0 Å². The van der Waals surface area contributed by atoms with Crippen LogP contribution in [0, 0.1) is 5.82 Å². The molecule has 3 N–H and O–H groups in total. The van der Waals surface area contributed by atoms with Crippen molar-refractivity contribution in [3.8, 4) is 0 Å². The first kappa shape index (κ1) is 17.2. The Morgan fingerprint density at radius 1 is 1.33 bits per heavy atom. The van der Waals surface area contributed by atoms with E-state index in [1.54, 1.807) is 6.92 Å². The molecule has 1 rings (SSSR count). The summed E-state index contributed by atoms with van der Waals surface area (Å²) >= 11 is 0. The number of hydrogen-bond acceptors (Lipinski definition) is 5. The van der Waals surface area contributed by atoms with Gasteiger partial charge in [-0.3, -0.25) is 0 Å². The van der Waals surface area contributed by atoms with Gasteiger partial charge >= 0.3 is 5.97 Å². The van der Waals surface area contributed by atoms with Gasteiger partial charge in [0, 0.05) is 18.8 Å². The highest BCUT2D eigenvalue weighted by Gasteiger charge is 2.20. The van der Waals surface area contributed by atoms with Crippen LogP contribution in [0.5, 0.6) is 0 Å². The van der Waals surface area contributed by atoms with Crippen molar-refractivity contribution in [3.63, 3.8) is 0 Å². The second-order valence-electron chi connectivity index (χ2n) is 5.19. The molecule has 0 aliphatic carbocycles. The maximum atomic E-state index is 13.9. The number of nitrogen functional groups attached to an aromatic ring is 1. The van der Waals surface area contributed by atoms with Crippen LogP contribution in [-0.2, 0) is 9.47 Å². The molecule has 1 aromatic carbocycles. The Morgan fingerprint density at radius 2 is 2.00 bits per heavy atom. The van der Waals surface area contributed by atoms with E-state index in [-0.39, 0.29) is 23.5 Å². The fourth-order valence-corrected chi connectivity index (χ4v) is 1.86. The number of nitrogens with one attached hydrogen (secondary N) is 1. The van der Waals surface area contributed by atoms with Gasteiger partial charge in [-0.1, -0.05) is 0 Å². The molecule has 6 heteroatoms. The predicted octanol–water partition coefficient (Wildman–Crippen LogP) is 2.81. The molecule has 0 fully saturated rings. The minimum absolute atomic E-state index is 0.0561. The Hall–Kier alpha value is -1.82. The van der Waals surface area contributed by atoms with Crippen molar-refractivity contribution in [1.82, 2.24) is 0 Å². The highest BCUT2D eigenvalue weighted by atomic mass is 19.1. The predicted molar refractivity (Wildman–Crippen MR) is 81.0 cm³/mol. The van der Waals surface area contributed by atoms with Crippen molar-refractivity contribution in [2.24, 2.45) is 0 Å². The lowest BCUT2D eigenvalue weighted by molar-refractivity contribution is 0.000661. The number of ether oxygens (including phenoxy) is 2. The highest BCUT2D eigenvalue weighted by molar-refractivity contribution is 5.96. The van der Waals surface area contributed by atoms with Gasteiger partial charge in [0.1, 0.15) is 5.82 Å². The van der Waals surface area contributed by atoms with Crippen LogP contribution in [0.25, 0.3) is 0 Å². The average Bonchev–Trinajstić information content (AvgIpc) is 2.37. The Kier molecular flexibility index (Phi) is 5.96. The molecular weight excluding hydrogens is 275 g/mol. The summed E-state index contributed by atoms with van der Waals surface area (Å²) in [5, 5.41) is 2.94. The third-order valence-corrected chi connectivity index (χ3v) is 2.87. The summed E-state index contributed by atoms with van der Waals surface area (Å²) < 4.78 is 24.3. The average molecular weight is 298 g/mol. The molecule has 0 amide bonds. The molecular formula is C15H23FN2O3. The molecule has 0 aliphatic rings. The molecule has 0 saturated heterocycles. The van der Waals surface area contributed by atoms with Crippen LogP contribution < -0.4 is 11.1 Å². The van der Waals surface area contributed by atoms with Gasteiger partial charge in [-0.2, -0.15) is 0 Å². The van der Waals surface area contributed by atoms with Crippen LogP contribution in [0.3, 0.4) is 0 Å². The van der Waals surface area contributed by atoms with E-state index in [1.807, 2.05) is 20.8 Å². The molecule has 0 spiro atoms. The number of benzene rings is 1. The van der Waals surface area contributed by atoms with E-state index in [0.29, 0.717) is 13.2 Å². The first-order valence-electron chi connectivity index (χ1n) is 6.94. The topological polar surface area (TPSA) is 73.6 Å². The van der Waals surface area contributed by atoms with Gasteiger partial charge in [0.25, 0.3) is 0 Å². The standard InChI is InChI=1S/C15H23FN2O3/c1-5-20-14(19)10-7-13(11(16)8-12(10)17)18-9-15(3,4)21-6-2/h7-8,18H,5-6,9,17H2,1-4H3. The third-order valence-electron chi connectivity index (χ3n) is 2.87. The van der Waals surface area contributed by atoms with E-state index in [4.69, 9.17) is 15.2 Å². The van der Waals surface area contributed by atoms with E-state index in [2.05, 4.69) is 5.32 Å². The number of nitrogens with two attached hydrogens (primary N) is 1. The molecule has 0 heterocycles. The van der Waals surface area contributed by atoms with Gasteiger partial charge in [-0.05, 0) is 39.8 Å². The number of carbonyl (C=O) groups excluding carboxylic acids is 1. The van der Waals surface area contributed by atoms with Gasteiger partial charge in [-0.25, -0.2) is 9.18 Å². The van der Waals surface area contributed by atoms with Crippen molar-refractivity contribution in [2.75, 3.05) is 30.8 Å². The fourth-order valence-electron chi connectivity index (χ4n) is 1.86. The molecule has 0 saturated carbocycles. The molecule has 0 atom stereocenters. The van der Waals surface area contributed by atoms with Crippen LogP contribution in [-0.4, -0.2) is 31.3 Å². The monoisotopic (exact) mass is 298 g/mol. The Balaban J connectivity index is 2.92. The zero-order chi connectivity index (χ0) is 16.0. The Bertz CT molecular complexity index is 504. The van der Waals surface area contributed by atoms with Gasteiger partial charge in [0.05, 0.1) is 23.5 Å². The molecule has 0 aliphatic heterocycles. The number of esters is 1. The first-order valence-corrected chi connectivity index (χ1v) is 6.94. The van der Waals surface area contributed by atoms with Crippen molar-refractivity contribution < 1.29 is 18.7 Å². The summed E-state index contributed by atoms with van der Waals surface area (Å²) in [6.45, 7) is 8.56.